The van der Waals surface area contributed by atoms with Crippen LogP contribution in [-0.2, 0) is 4.79 Å². The summed E-state index contributed by atoms with van der Waals surface area (Å²) >= 11 is 7.09. The zero-order valence-corrected chi connectivity index (χ0v) is 11.4. The molecule has 0 aliphatic heterocycles. The second-order valence-electron chi connectivity index (χ2n) is 3.61. The lowest BCUT2D eigenvalue weighted by atomic mass is 10.2. The van der Waals surface area contributed by atoms with Crippen molar-refractivity contribution in [3.63, 3.8) is 0 Å². The van der Waals surface area contributed by atoms with E-state index in [-0.39, 0.29) is 11.7 Å². The molecule has 1 aromatic heterocycles. The molecule has 1 heterocycles. The van der Waals surface area contributed by atoms with Gasteiger partial charge in [0.25, 0.3) is 0 Å². The van der Waals surface area contributed by atoms with Gasteiger partial charge in [-0.05, 0) is 18.2 Å². The van der Waals surface area contributed by atoms with Gasteiger partial charge in [-0.1, -0.05) is 23.4 Å². The third-order valence-corrected chi connectivity index (χ3v) is 3.33. The standard InChI is InChI=1S/C12H11ClN4OS/c13-8-1-2-10(9(14)5-8)17-11(18)7-19-12-6-15-3-4-16-12/h1-6H,7,14H2,(H,17,18). The van der Waals surface area contributed by atoms with Crippen molar-refractivity contribution in [3.8, 4) is 0 Å². The highest BCUT2D eigenvalue weighted by atomic mass is 35.5. The highest BCUT2D eigenvalue weighted by molar-refractivity contribution is 7.99. The summed E-state index contributed by atoms with van der Waals surface area (Å²) in [6, 6.07) is 4.93. The summed E-state index contributed by atoms with van der Waals surface area (Å²) in [5.74, 6) is 0.0745. The van der Waals surface area contributed by atoms with Gasteiger partial charge >= 0.3 is 0 Å². The first kappa shape index (κ1) is 13.6. The first-order valence-electron chi connectivity index (χ1n) is 5.39. The Kier molecular flexibility index (Phi) is 4.59. The molecule has 2 rings (SSSR count). The predicted molar refractivity (Wildman–Crippen MR) is 77.3 cm³/mol. The molecule has 0 atom stereocenters. The van der Waals surface area contributed by atoms with Gasteiger partial charge in [-0.2, -0.15) is 0 Å². The monoisotopic (exact) mass is 294 g/mol. The first-order chi connectivity index (χ1) is 9.15. The van der Waals surface area contributed by atoms with Crippen molar-refractivity contribution in [2.24, 2.45) is 0 Å². The molecule has 1 aromatic carbocycles. The van der Waals surface area contributed by atoms with Gasteiger partial charge in [0, 0.05) is 17.4 Å². The number of carbonyl (C=O) groups is 1. The fourth-order valence-electron chi connectivity index (χ4n) is 1.33. The molecule has 98 valence electrons. The summed E-state index contributed by atoms with van der Waals surface area (Å²) in [5, 5.41) is 3.94. The molecule has 0 saturated heterocycles. The third kappa shape index (κ3) is 4.11. The number of nitrogen functional groups attached to an aromatic ring is 1. The number of benzene rings is 1. The Hall–Kier alpha value is -1.79. The third-order valence-electron chi connectivity index (χ3n) is 2.18. The van der Waals surface area contributed by atoms with Gasteiger partial charge in [0.05, 0.1) is 23.3 Å². The van der Waals surface area contributed by atoms with Crippen LogP contribution in [0.25, 0.3) is 0 Å². The van der Waals surface area contributed by atoms with Gasteiger partial charge in [0.2, 0.25) is 5.91 Å². The van der Waals surface area contributed by atoms with Crippen LogP contribution in [0.3, 0.4) is 0 Å². The number of carbonyl (C=O) groups excluding carboxylic acids is 1. The van der Waals surface area contributed by atoms with Crippen molar-refractivity contribution in [2.45, 2.75) is 5.03 Å². The molecule has 0 aliphatic rings. The number of nitrogens with one attached hydrogen (secondary N) is 1. The number of aromatic nitrogens is 2. The normalized spacial score (nSPS) is 10.2. The van der Waals surface area contributed by atoms with Crippen LogP contribution in [0, 0.1) is 0 Å². The Bertz CT molecular complexity index is 579. The van der Waals surface area contributed by atoms with Crippen molar-refractivity contribution in [1.82, 2.24) is 9.97 Å². The predicted octanol–water partition coefficient (Wildman–Crippen LogP) is 2.44. The first-order valence-corrected chi connectivity index (χ1v) is 6.75. The molecule has 0 saturated carbocycles. The second-order valence-corrected chi connectivity index (χ2v) is 5.04. The summed E-state index contributed by atoms with van der Waals surface area (Å²) in [4.78, 5) is 19.7. The van der Waals surface area contributed by atoms with Crippen LogP contribution in [0.5, 0.6) is 0 Å². The molecule has 0 unspecified atom stereocenters. The quantitative estimate of drug-likeness (QED) is 0.669. The van der Waals surface area contributed by atoms with Crippen molar-refractivity contribution in [2.75, 3.05) is 16.8 Å². The smallest absolute Gasteiger partial charge is 0.234 e. The fourth-order valence-corrected chi connectivity index (χ4v) is 2.14. The molecule has 5 nitrogen and oxygen atoms in total. The number of nitrogens with two attached hydrogens (primary N) is 1. The van der Waals surface area contributed by atoms with Crippen molar-refractivity contribution >= 4 is 40.6 Å². The Balaban J connectivity index is 1.91. The largest absolute Gasteiger partial charge is 0.397 e. The number of hydrogen-bond donors (Lipinski definition) is 2. The number of rotatable bonds is 4. The topological polar surface area (TPSA) is 80.9 Å². The maximum atomic E-state index is 11.8. The molecule has 2 aromatic rings. The van der Waals surface area contributed by atoms with E-state index >= 15 is 0 Å². The average Bonchev–Trinajstić information content (AvgIpc) is 2.41. The molecule has 19 heavy (non-hydrogen) atoms. The van der Waals surface area contributed by atoms with Gasteiger partial charge in [-0.25, -0.2) is 4.98 Å². The summed E-state index contributed by atoms with van der Waals surface area (Å²) in [6.07, 6.45) is 4.77. The van der Waals surface area contributed by atoms with E-state index in [1.54, 1.807) is 36.8 Å². The number of nitrogens with zero attached hydrogens (tertiary/aromatic N) is 2. The number of halogens is 1. The number of anilines is 2. The molecule has 0 aliphatic carbocycles. The SMILES string of the molecule is Nc1cc(Cl)ccc1NC(=O)CSc1cnccn1. The number of hydrogen-bond acceptors (Lipinski definition) is 5. The van der Waals surface area contributed by atoms with Gasteiger partial charge < -0.3 is 11.1 Å². The van der Waals surface area contributed by atoms with Crippen LogP contribution < -0.4 is 11.1 Å². The van der Waals surface area contributed by atoms with E-state index < -0.39 is 0 Å². The molecule has 0 bridgehead atoms. The van der Waals surface area contributed by atoms with E-state index in [1.807, 2.05) is 0 Å². The fraction of sp³-hybridized carbons (Fsp3) is 0.0833. The highest BCUT2D eigenvalue weighted by Gasteiger charge is 2.07. The molecular formula is C12H11ClN4OS. The minimum Gasteiger partial charge on any atom is -0.397 e. The van der Waals surface area contributed by atoms with Crippen molar-refractivity contribution < 1.29 is 4.79 Å². The van der Waals surface area contributed by atoms with Crippen LogP contribution in [-0.4, -0.2) is 21.6 Å². The van der Waals surface area contributed by atoms with Gasteiger partial charge in [-0.15, -0.1) is 0 Å². The zero-order chi connectivity index (χ0) is 13.7. The van der Waals surface area contributed by atoms with Crippen LogP contribution in [0.1, 0.15) is 0 Å². The van der Waals surface area contributed by atoms with Gasteiger partial charge in [0.15, 0.2) is 0 Å². The lowest BCUT2D eigenvalue weighted by molar-refractivity contribution is -0.113. The number of thioether (sulfide) groups is 1. The lowest BCUT2D eigenvalue weighted by Gasteiger charge is -2.08. The minimum absolute atomic E-state index is 0.162. The molecule has 0 radical (unpaired) electrons. The Morgan fingerprint density at radius 1 is 1.42 bits per heavy atom. The van der Waals surface area contributed by atoms with Gasteiger partial charge in [0.1, 0.15) is 5.03 Å². The summed E-state index contributed by atoms with van der Waals surface area (Å²) in [7, 11) is 0. The summed E-state index contributed by atoms with van der Waals surface area (Å²) < 4.78 is 0. The average molecular weight is 295 g/mol. The molecule has 1 amide bonds. The Morgan fingerprint density at radius 2 is 2.26 bits per heavy atom. The van der Waals surface area contributed by atoms with Crippen LogP contribution >= 0.6 is 23.4 Å². The van der Waals surface area contributed by atoms with E-state index in [1.165, 1.54) is 11.8 Å². The van der Waals surface area contributed by atoms with Crippen LogP contribution in [0.2, 0.25) is 5.02 Å². The zero-order valence-electron chi connectivity index (χ0n) is 9.84. The number of amides is 1. The van der Waals surface area contributed by atoms with E-state index in [2.05, 4.69) is 15.3 Å². The van der Waals surface area contributed by atoms with E-state index in [4.69, 9.17) is 17.3 Å². The van der Waals surface area contributed by atoms with Crippen LogP contribution in [0.4, 0.5) is 11.4 Å². The summed E-state index contributed by atoms with van der Waals surface area (Å²) in [5.41, 5.74) is 6.73. The minimum atomic E-state index is -0.162. The second kappa shape index (κ2) is 6.40. The molecule has 7 heteroatoms. The van der Waals surface area contributed by atoms with Crippen LogP contribution in [0.15, 0.2) is 41.8 Å². The highest BCUT2D eigenvalue weighted by Crippen LogP contribution is 2.23. The van der Waals surface area contributed by atoms with Gasteiger partial charge in [-0.3, -0.25) is 9.78 Å². The summed E-state index contributed by atoms with van der Waals surface area (Å²) in [6.45, 7) is 0. The molecule has 0 spiro atoms. The van der Waals surface area contributed by atoms with Crippen molar-refractivity contribution in [3.05, 3.63) is 41.8 Å². The van der Waals surface area contributed by atoms with Crippen molar-refractivity contribution in [1.29, 1.82) is 0 Å². The Labute approximate surface area is 119 Å². The Morgan fingerprint density at radius 3 is 2.95 bits per heavy atom. The molecule has 3 N–H and O–H groups in total. The van der Waals surface area contributed by atoms with E-state index in [9.17, 15) is 4.79 Å². The maximum Gasteiger partial charge on any atom is 0.234 e. The maximum absolute atomic E-state index is 11.8. The molecular weight excluding hydrogens is 284 g/mol. The van der Waals surface area contributed by atoms with E-state index in [0.29, 0.717) is 21.4 Å². The lowest BCUT2D eigenvalue weighted by Crippen LogP contribution is -2.15. The van der Waals surface area contributed by atoms with E-state index in [0.717, 1.165) is 0 Å². The molecule has 0 fully saturated rings.